The van der Waals surface area contributed by atoms with Crippen molar-refractivity contribution in [3.05, 3.63) is 59.2 Å². The molecule has 1 nitrogen and oxygen atoms in total. The van der Waals surface area contributed by atoms with Gasteiger partial charge in [-0.1, -0.05) is 6.07 Å². The number of rotatable bonds is 2. The monoisotopic (exact) mass is 255 g/mol. The van der Waals surface area contributed by atoms with Gasteiger partial charge in [0.2, 0.25) is 0 Å². The summed E-state index contributed by atoms with van der Waals surface area (Å²) in [7, 11) is 0. The molecule has 0 amide bonds. The highest BCUT2D eigenvalue weighted by Crippen LogP contribution is 2.30. The summed E-state index contributed by atoms with van der Waals surface area (Å²) in [5.41, 5.74) is 5.32. The summed E-state index contributed by atoms with van der Waals surface area (Å²) in [5.74, 6) is -3.86. The third kappa shape index (κ3) is 2.22. The zero-order chi connectivity index (χ0) is 13.3. The first-order valence-corrected chi connectivity index (χ1v) is 5.16. The van der Waals surface area contributed by atoms with Crippen LogP contribution in [0.3, 0.4) is 0 Å². The SMILES string of the molecule is NCc1ccc(F)cc1-c1c(F)cc(F)cc1F. The van der Waals surface area contributed by atoms with E-state index in [-0.39, 0.29) is 12.1 Å². The molecule has 0 saturated carbocycles. The lowest BCUT2D eigenvalue weighted by molar-refractivity contribution is 0.547. The molecule has 2 aromatic rings. The topological polar surface area (TPSA) is 26.0 Å². The van der Waals surface area contributed by atoms with Gasteiger partial charge in [-0.25, -0.2) is 17.6 Å². The maximum Gasteiger partial charge on any atom is 0.136 e. The van der Waals surface area contributed by atoms with Gasteiger partial charge in [-0.2, -0.15) is 0 Å². The highest BCUT2D eigenvalue weighted by atomic mass is 19.1. The Bertz CT molecular complexity index is 573. The molecule has 18 heavy (non-hydrogen) atoms. The average molecular weight is 255 g/mol. The molecule has 0 fully saturated rings. The van der Waals surface area contributed by atoms with E-state index in [4.69, 9.17) is 5.73 Å². The van der Waals surface area contributed by atoms with Gasteiger partial charge in [0.15, 0.2) is 0 Å². The van der Waals surface area contributed by atoms with E-state index in [9.17, 15) is 17.6 Å². The average Bonchev–Trinajstić information content (AvgIpc) is 2.28. The Hall–Kier alpha value is -1.88. The van der Waals surface area contributed by atoms with E-state index in [0.717, 1.165) is 12.1 Å². The summed E-state index contributed by atoms with van der Waals surface area (Å²) in [6.45, 7) is -0.00807. The lowest BCUT2D eigenvalue weighted by Gasteiger charge is -2.10. The quantitative estimate of drug-likeness (QED) is 0.818. The first kappa shape index (κ1) is 12.6. The standard InChI is InChI=1S/C13H9F4N/c14-8-2-1-7(6-18)10(3-8)13-11(16)4-9(15)5-12(13)17/h1-5H,6,18H2. The van der Waals surface area contributed by atoms with Crippen LogP contribution < -0.4 is 5.73 Å². The molecule has 0 radical (unpaired) electrons. The predicted molar refractivity (Wildman–Crippen MR) is 59.6 cm³/mol. The normalized spacial score (nSPS) is 10.7. The highest BCUT2D eigenvalue weighted by molar-refractivity contribution is 5.68. The zero-order valence-corrected chi connectivity index (χ0v) is 9.18. The summed E-state index contributed by atoms with van der Waals surface area (Å²) in [6, 6.07) is 4.55. The minimum Gasteiger partial charge on any atom is -0.326 e. The van der Waals surface area contributed by atoms with Crippen LogP contribution in [0.2, 0.25) is 0 Å². The molecule has 0 saturated heterocycles. The van der Waals surface area contributed by atoms with E-state index in [1.165, 1.54) is 6.07 Å². The number of halogens is 4. The molecule has 0 aromatic heterocycles. The number of benzene rings is 2. The summed E-state index contributed by atoms with van der Waals surface area (Å²) >= 11 is 0. The molecule has 0 aliphatic carbocycles. The molecule has 0 unspecified atom stereocenters. The molecule has 5 heteroatoms. The largest absolute Gasteiger partial charge is 0.326 e. The highest BCUT2D eigenvalue weighted by Gasteiger charge is 2.16. The van der Waals surface area contributed by atoms with Crippen LogP contribution in [0.15, 0.2) is 30.3 Å². The summed E-state index contributed by atoms with van der Waals surface area (Å²) in [6.07, 6.45) is 0. The van der Waals surface area contributed by atoms with Crippen LogP contribution in [0.25, 0.3) is 11.1 Å². The summed E-state index contributed by atoms with van der Waals surface area (Å²) in [5, 5.41) is 0. The van der Waals surface area contributed by atoms with Gasteiger partial charge < -0.3 is 5.73 Å². The van der Waals surface area contributed by atoms with E-state index >= 15 is 0 Å². The Labute approximate surface area is 101 Å². The van der Waals surface area contributed by atoms with Crippen molar-refractivity contribution in [1.29, 1.82) is 0 Å². The lowest BCUT2D eigenvalue weighted by atomic mass is 9.98. The van der Waals surface area contributed by atoms with Gasteiger partial charge in [-0.15, -0.1) is 0 Å². The number of hydrogen-bond acceptors (Lipinski definition) is 1. The second-order valence-corrected chi connectivity index (χ2v) is 3.75. The third-order valence-corrected chi connectivity index (χ3v) is 2.57. The van der Waals surface area contributed by atoms with Crippen LogP contribution in [0.4, 0.5) is 17.6 Å². The summed E-state index contributed by atoms with van der Waals surface area (Å²) in [4.78, 5) is 0. The minimum atomic E-state index is -1.09. The van der Waals surface area contributed by atoms with Crippen LogP contribution in [-0.2, 0) is 6.54 Å². The van der Waals surface area contributed by atoms with Gasteiger partial charge >= 0.3 is 0 Å². The maximum atomic E-state index is 13.6. The molecule has 2 N–H and O–H groups in total. The van der Waals surface area contributed by atoms with Crippen LogP contribution in [0.5, 0.6) is 0 Å². The van der Waals surface area contributed by atoms with Crippen molar-refractivity contribution >= 4 is 0 Å². The zero-order valence-electron chi connectivity index (χ0n) is 9.18. The Balaban J connectivity index is 2.72. The van der Waals surface area contributed by atoms with Gasteiger partial charge in [0.1, 0.15) is 23.3 Å². The molecule has 0 aliphatic heterocycles. The van der Waals surface area contributed by atoms with E-state index in [1.807, 2.05) is 0 Å². The van der Waals surface area contributed by atoms with E-state index in [1.54, 1.807) is 0 Å². The molecule has 2 aromatic carbocycles. The second-order valence-electron chi connectivity index (χ2n) is 3.75. The molecule has 0 atom stereocenters. The third-order valence-electron chi connectivity index (χ3n) is 2.57. The van der Waals surface area contributed by atoms with E-state index < -0.39 is 28.8 Å². The van der Waals surface area contributed by atoms with Crippen LogP contribution in [0, 0.1) is 23.3 Å². The van der Waals surface area contributed by atoms with Crippen LogP contribution in [0.1, 0.15) is 5.56 Å². The van der Waals surface area contributed by atoms with Gasteiger partial charge in [0, 0.05) is 18.7 Å². The van der Waals surface area contributed by atoms with Crippen molar-refractivity contribution in [2.75, 3.05) is 0 Å². The van der Waals surface area contributed by atoms with Gasteiger partial charge in [0.25, 0.3) is 0 Å². The number of hydrogen-bond donors (Lipinski definition) is 1. The Morgan fingerprint density at radius 1 is 0.833 bits per heavy atom. The molecule has 0 aliphatic rings. The molecule has 0 bridgehead atoms. The van der Waals surface area contributed by atoms with Gasteiger partial charge in [-0.05, 0) is 23.3 Å². The van der Waals surface area contributed by atoms with E-state index in [2.05, 4.69) is 0 Å². The molecule has 0 heterocycles. The molecule has 0 spiro atoms. The summed E-state index contributed by atoms with van der Waals surface area (Å²) < 4.78 is 53.2. The first-order valence-electron chi connectivity index (χ1n) is 5.16. The van der Waals surface area contributed by atoms with Gasteiger partial charge in [0.05, 0.1) is 5.56 Å². The van der Waals surface area contributed by atoms with Crippen molar-refractivity contribution < 1.29 is 17.6 Å². The molecular weight excluding hydrogens is 246 g/mol. The first-order chi connectivity index (χ1) is 8.52. The fraction of sp³-hybridized carbons (Fsp3) is 0.0769. The molecule has 2 rings (SSSR count). The number of nitrogens with two attached hydrogens (primary N) is 1. The lowest BCUT2D eigenvalue weighted by Crippen LogP contribution is -2.02. The van der Waals surface area contributed by atoms with Crippen LogP contribution >= 0.6 is 0 Å². The molecular formula is C13H9F4N. The fourth-order valence-electron chi connectivity index (χ4n) is 1.76. The Morgan fingerprint density at radius 2 is 1.44 bits per heavy atom. The van der Waals surface area contributed by atoms with Crippen molar-refractivity contribution in [1.82, 2.24) is 0 Å². The fourth-order valence-corrected chi connectivity index (χ4v) is 1.76. The minimum absolute atomic E-state index is 0.00694. The smallest absolute Gasteiger partial charge is 0.136 e. The maximum absolute atomic E-state index is 13.6. The van der Waals surface area contributed by atoms with Crippen LogP contribution in [-0.4, -0.2) is 0 Å². The van der Waals surface area contributed by atoms with Crippen molar-refractivity contribution in [2.45, 2.75) is 6.54 Å². The van der Waals surface area contributed by atoms with Crippen molar-refractivity contribution in [2.24, 2.45) is 5.73 Å². The van der Waals surface area contributed by atoms with Crippen molar-refractivity contribution in [3.63, 3.8) is 0 Å². The Morgan fingerprint density at radius 3 is 2.00 bits per heavy atom. The van der Waals surface area contributed by atoms with Gasteiger partial charge in [-0.3, -0.25) is 0 Å². The van der Waals surface area contributed by atoms with Crippen molar-refractivity contribution in [3.8, 4) is 11.1 Å². The predicted octanol–water partition coefficient (Wildman–Crippen LogP) is 3.37. The molecule has 94 valence electrons. The second kappa shape index (κ2) is 4.78. The van der Waals surface area contributed by atoms with E-state index in [0.29, 0.717) is 17.7 Å². The Kier molecular flexibility index (Phi) is 3.34.